The Balaban J connectivity index is 0.00000364. The molecule has 10 heteroatoms. The van der Waals surface area contributed by atoms with Crippen molar-refractivity contribution in [2.75, 3.05) is 26.7 Å². The highest BCUT2D eigenvalue weighted by Gasteiger charge is 2.24. The van der Waals surface area contributed by atoms with Crippen molar-refractivity contribution in [2.24, 2.45) is 4.99 Å². The van der Waals surface area contributed by atoms with Crippen molar-refractivity contribution in [1.29, 1.82) is 0 Å². The second-order valence-electron chi connectivity index (χ2n) is 5.96. The highest BCUT2D eigenvalue weighted by atomic mass is 127. The van der Waals surface area contributed by atoms with Gasteiger partial charge < -0.3 is 20.3 Å². The fraction of sp³-hybridized carbons (Fsp3) is 0.529. The number of amides is 1. The van der Waals surface area contributed by atoms with Gasteiger partial charge in [0.25, 0.3) is 5.69 Å². The summed E-state index contributed by atoms with van der Waals surface area (Å²) in [6.45, 7) is 3.88. The number of nitrogens with zero attached hydrogens (tertiary/aromatic N) is 3. The van der Waals surface area contributed by atoms with Crippen LogP contribution >= 0.6 is 24.0 Å². The molecule has 0 unspecified atom stereocenters. The van der Waals surface area contributed by atoms with Crippen molar-refractivity contribution in [2.45, 2.75) is 32.4 Å². The Morgan fingerprint density at radius 3 is 2.70 bits per heavy atom. The van der Waals surface area contributed by atoms with Crippen molar-refractivity contribution in [3.8, 4) is 0 Å². The molecule has 0 radical (unpaired) electrons. The van der Waals surface area contributed by atoms with Crippen LogP contribution in [-0.2, 0) is 11.3 Å². The molecule has 2 rings (SSSR count). The van der Waals surface area contributed by atoms with Crippen LogP contribution in [0.1, 0.15) is 25.3 Å². The first-order valence-corrected chi connectivity index (χ1v) is 8.65. The minimum Gasteiger partial charge on any atom is -0.450 e. The first kappa shape index (κ1) is 22.9. The highest BCUT2D eigenvalue weighted by Crippen LogP contribution is 2.13. The van der Waals surface area contributed by atoms with Crippen LogP contribution in [0.25, 0.3) is 0 Å². The summed E-state index contributed by atoms with van der Waals surface area (Å²) in [6, 6.07) is 6.70. The molecule has 1 amide bonds. The number of halogens is 1. The van der Waals surface area contributed by atoms with Gasteiger partial charge in [0.2, 0.25) is 0 Å². The highest BCUT2D eigenvalue weighted by molar-refractivity contribution is 14.0. The largest absolute Gasteiger partial charge is 0.450 e. The van der Waals surface area contributed by atoms with Crippen molar-refractivity contribution in [3.63, 3.8) is 0 Å². The number of nitro benzene ring substituents is 1. The molecule has 1 aromatic carbocycles. The van der Waals surface area contributed by atoms with Crippen LogP contribution in [0.3, 0.4) is 0 Å². The second-order valence-corrected chi connectivity index (χ2v) is 5.96. The van der Waals surface area contributed by atoms with E-state index in [1.54, 1.807) is 24.9 Å². The summed E-state index contributed by atoms with van der Waals surface area (Å²) in [4.78, 5) is 28.0. The number of hydrogen-bond donors (Lipinski definition) is 2. The zero-order valence-electron chi connectivity index (χ0n) is 15.5. The van der Waals surface area contributed by atoms with E-state index in [1.807, 2.05) is 6.07 Å². The fourth-order valence-corrected chi connectivity index (χ4v) is 2.77. The van der Waals surface area contributed by atoms with Crippen molar-refractivity contribution < 1.29 is 14.5 Å². The second kappa shape index (κ2) is 11.6. The Bertz CT molecular complexity index is 662. The van der Waals surface area contributed by atoms with E-state index in [4.69, 9.17) is 4.74 Å². The predicted molar refractivity (Wildman–Crippen MR) is 113 cm³/mol. The summed E-state index contributed by atoms with van der Waals surface area (Å²) in [7, 11) is 1.68. The Morgan fingerprint density at radius 2 is 2.11 bits per heavy atom. The zero-order valence-corrected chi connectivity index (χ0v) is 17.8. The number of non-ortho nitro benzene ring substituents is 1. The molecule has 1 fully saturated rings. The molecule has 1 saturated heterocycles. The Kier molecular flexibility index (Phi) is 9.83. The van der Waals surface area contributed by atoms with Gasteiger partial charge in [-0.2, -0.15) is 0 Å². The van der Waals surface area contributed by atoms with Crippen LogP contribution in [0.4, 0.5) is 10.5 Å². The number of benzene rings is 1. The number of carbonyl (C=O) groups is 1. The maximum absolute atomic E-state index is 11.7. The molecular weight excluding hydrogens is 465 g/mol. The molecule has 0 aliphatic carbocycles. The normalized spacial score (nSPS) is 14.9. The number of hydrogen-bond acceptors (Lipinski definition) is 5. The van der Waals surface area contributed by atoms with Crippen molar-refractivity contribution in [1.82, 2.24) is 15.5 Å². The molecule has 150 valence electrons. The molecule has 0 spiro atoms. The summed E-state index contributed by atoms with van der Waals surface area (Å²) in [5.74, 6) is 0.631. The average Bonchev–Trinajstić information content (AvgIpc) is 2.66. The fourth-order valence-electron chi connectivity index (χ4n) is 2.77. The lowest BCUT2D eigenvalue weighted by Gasteiger charge is -2.32. The maximum atomic E-state index is 11.7. The lowest BCUT2D eigenvalue weighted by molar-refractivity contribution is -0.384. The summed E-state index contributed by atoms with van der Waals surface area (Å²) >= 11 is 0. The summed E-state index contributed by atoms with van der Waals surface area (Å²) in [5, 5.41) is 17.3. The number of likely N-dealkylation sites (tertiary alicyclic amines) is 1. The van der Waals surface area contributed by atoms with Crippen LogP contribution in [0.2, 0.25) is 0 Å². The van der Waals surface area contributed by atoms with Gasteiger partial charge in [0.05, 0.1) is 11.5 Å². The molecule has 1 aliphatic heterocycles. The third-order valence-electron chi connectivity index (χ3n) is 4.17. The van der Waals surface area contributed by atoms with E-state index in [-0.39, 0.29) is 41.8 Å². The minimum absolute atomic E-state index is 0. The van der Waals surface area contributed by atoms with Crippen LogP contribution in [0.15, 0.2) is 29.3 Å². The molecule has 0 atom stereocenters. The van der Waals surface area contributed by atoms with Gasteiger partial charge in [-0.1, -0.05) is 12.1 Å². The Labute approximate surface area is 175 Å². The van der Waals surface area contributed by atoms with Crippen molar-refractivity contribution in [3.05, 3.63) is 39.9 Å². The monoisotopic (exact) mass is 491 g/mol. The Hall–Kier alpha value is -2.11. The lowest BCUT2D eigenvalue weighted by atomic mass is 10.1. The number of nitro groups is 1. The van der Waals surface area contributed by atoms with Gasteiger partial charge in [0.1, 0.15) is 0 Å². The molecule has 0 saturated carbocycles. The molecule has 1 aliphatic rings. The van der Waals surface area contributed by atoms with Gasteiger partial charge in [-0.25, -0.2) is 4.79 Å². The number of ether oxygens (including phenoxy) is 1. The topological polar surface area (TPSA) is 109 Å². The molecule has 2 N–H and O–H groups in total. The first-order chi connectivity index (χ1) is 12.5. The first-order valence-electron chi connectivity index (χ1n) is 8.65. The summed E-state index contributed by atoms with van der Waals surface area (Å²) in [6.07, 6.45) is 1.34. The number of piperidine rings is 1. The van der Waals surface area contributed by atoms with Crippen molar-refractivity contribution >= 4 is 41.7 Å². The van der Waals surface area contributed by atoms with E-state index in [0.717, 1.165) is 18.4 Å². The van der Waals surface area contributed by atoms with E-state index in [2.05, 4.69) is 15.6 Å². The molecule has 27 heavy (non-hydrogen) atoms. The van der Waals surface area contributed by atoms with E-state index < -0.39 is 4.92 Å². The van der Waals surface area contributed by atoms with Gasteiger partial charge in [0.15, 0.2) is 5.96 Å². The van der Waals surface area contributed by atoms with Gasteiger partial charge >= 0.3 is 6.09 Å². The number of guanidine groups is 1. The van der Waals surface area contributed by atoms with E-state index >= 15 is 0 Å². The van der Waals surface area contributed by atoms with Gasteiger partial charge in [-0.05, 0) is 25.3 Å². The third-order valence-corrected chi connectivity index (χ3v) is 4.17. The average molecular weight is 491 g/mol. The molecule has 0 aromatic heterocycles. The van der Waals surface area contributed by atoms with Gasteiger partial charge in [-0.3, -0.25) is 15.1 Å². The SMILES string of the molecule is CCOC(=O)N1CCC(NC(=NC)NCc2cccc([N+](=O)[O-])c2)CC1.I. The molecule has 0 bridgehead atoms. The van der Waals surface area contributed by atoms with E-state index in [9.17, 15) is 14.9 Å². The molecule has 9 nitrogen and oxygen atoms in total. The number of carbonyl (C=O) groups excluding carboxylic acids is 1. The van der Waals surface area contributed by atoms with Gasteiger partial charge in [-0.15, -0.1) is 24.0 Å². The molecular formula is C17H26IN5O4. The van der Waals surface area contributed by atoms with Gasteiger partial charge in [0, 0.05) is 44.9 Å². The number of aliphatic imine (C=N–C) groups is 1. The molecule has 1 heterocycles. The third kappa shape index (κ3) is 7.19. The molecule has 1 aromatic rings. The number of nitrogens with one attached hydrogen (secondary N) is 2. The van der Waals surface area contributed by atoms with Crippen LogP contribution in [-0.4, -0.2) is 54.7 Å². The lowest BCUT2D eigenvalue weighted by Crippen LogP contribution is -2.49. The zero-order chi connectivity index (χ0) is 18.9. The quantitative estimate of drug-likeness (QED) is 0.216. The smallest absolute Gasteiger partial charge is 0.409 e. The Morgan fingerprint density at radius 1 is 1.41 bits per heavy atom. The predicted octanol–water partition coefficient (Wildman–Crippen LogP) is 2.50. The standard InChI is InChI=1S/C17H25N5O4.HI/c1-3-26-17(23)21-9-7-14(8-10-21)20-16(18-2)19-12-13-5-4-6-15(11-13)22(24)25;/h4-6,11,14H,3,7-10,12H2,1-2H3,(H2,18,19,20);1H. The minimum atomic E-state index is -0.409. The van der Waals surface area contributed by atoms with Crippen LogP contribution in [0, 0.1) is 10.1 Å². The van der Waals surface area contributed by atoms with E-state index in [1.165, 1.54) is 12.1 Å². The van der Waals surface area contributed by atoms with E-state index in [0.29, 0.717) is 32.2 Å². The number of rotatable bonds is 5. The van der Waals surface area contributed by atoms with Crippen LogP contribution < -0.4 is 10.6 Å². The van der Waals surface area contributed by atoms with Crippen LogP contribution in [0.5, 0.6) is 0 Å². The summed E-state index contributed by atoms with van der Waals surface area (Å²) in [5.41, 5.74) is 0.873. The summed E-state index contributed by atoms with van der Waals surface area (Å²) < 4.78 is 5.02. The maximum Gasteiger partial charge on any atom is 0.409 e.